The topological polar surface area (TPSA) is 101 Å². The van der Waals surface area contributed by atoms with Gasteiger partial charge in [0.15, 0.2) is 0 Å². The maximum atomic E-state index is 13.6. The summed E-state index contributed by atoms with van der Waals surface area (Å²) in [6.45, 7) is 15.2. The number of allylic oxidation sites excluding steroid dienone is 1. The van der Waals surface area contributed by atoms with Crippen LogP contribution in [0.2, 0.25) is 5.02 Å². The summed E-state index contributed by atoms with van der Waals surface area (Å²) in [4.78, 5) is 21.1. The van der Waals surface area contributed by atoms with Gasteiger partial charge in [0, 0.05) is 76.2 Å². The number of fused-ring (bicyclic) bond motifs is 3. The second kappa shape index (κ2) is 17.2. The van der Waals surface area contributed by atoms with E-state index in [2.05, 4.69) is 45.4 Å². The molecule has 4 aliphatic rings. The van der Waals surface area contributed by atoms with Crippen molar-refractivity contribution >= 4 is 33.2 Å². The molecule has 5 atom stereocenters. The quantitative estimate of drug-likeness (QED) is 0.327. The predicted molar refractivity (Wildman–Crippen MR) is 216 cm³/mol. The Balaban J connectivity index is 1.35. The number of methoxy groups -OCH3 is 2. The smallest absolute Gasteiger partial charge is 0.264 e. The average molecular weight is 785 g/mol. The molecule has 3 aliphatic heterocycles. The van der Waals surface area contributed by atoms with Crippen molar-refractivity contribution in [2.24, 2.45) is 17.8 Å². The lowest BCUT2D eigenvalue weighted by molar-refractivity contribution is -0.0992. The lowest BCUT2D eigenvalue weighted by Crippen LogP contribution is -2.61. The van der Waals surface area contributed by atoms with Crippen molar-refractivity contribution in [1.82, 2.24) is 14.5 Å². The van der Waals surface area contributed by atoms with E-state index in [1.165, 1.54) is 5.56 Å². The molecule has 298 valence electrons. The highest BCUT2D eigenvalue weighted by Crippen LogP contribution is 2.47. The number of benzene rings is 2. The molecular weight excluding hydrogens is 724 g/mol. The van der Waals surface area contributed by atoms with E-state index < -0.39 is 26.8 Å². The van der Waals surface area contributed by atoms with Crippen LogP contribution in [0.5, 0.6) is 5.75 Å². The van der Waals surface area contributed by atoms with Gasteiger partial charge in [0.2, 0.25) is 10.0 Å². The first-order valence-corrected chi connectivity index (χ1v) is 21.7. The van der Waals surface area contributed by atoms with Gasteiger partial charge in [-0.25, -0.2) is 13.1 Å². The number of nitrogens with zero attached hydrogens (tertiary/aromatic N) is 3. The highest BCUT2D eigenvalue weighted by molar-refractivity contribution is 7.90. The highest BCUT2D eigenvalue weighted by Gasteiger charge is 2.48. The van der Waals surface area contributed by atoms with Gasteiger partial charge in [-0.05, 0) is 119 Å². The Bertz CT molecular complexity index is 1760. The minimum absolute atomic E-state index is 0.0357. The second-order valence-electron chi connectivity index (χ2n) is 16.7. The third-order valence-corrected chi connectivity index (χ3v) is 14.9. The van der Waals surface area contributed by atoms with Crippen LogP contribution in [0.25, 0.3) is 0 Å². The molecule has 1 unspecified atom stereocenters. The number of anilines is 1. The van der Waals surface area contributed by atoms with E-state index in [1.54, 1.807) is 20.1 Å². The lowest BCUT2D eigenvalue weighted by Gasteiger charge is -2.52. The summed E-state index contributed by atoms with van der Waals surface area (Å²) >= 11 is 6.41. The van der Waals surface area contributed by atoms with Crippen LogP contribution in [0, 0.1) is 17.8 Å². The number of carbonyl (C=O) groups is 1. The SMILES string of the molecule is COCC(C)(C)N1CCN(CC2(OC)/C=C/C[C@@H](C)[C@@H](C)S(=O)(=O)NC(=O)c3ccc4c(c3)N(CCCCc3cc(Cl)ccc3CO4)C[C@@H]3CC[C@H]32)CC1. The molecule has 3 heterocycles. The van der Waals surface area contributed by atoms with Crippen molar-refractivity contribution in [3.63, 3.8) is 0 Å². The molecule has 0 radical (unpaired) electrons. The number of aryl methyl sites for hydroxylation is 1. The number of piperazine rings is 1. The van der Waals surface area contributed by atoms with E-state index in [0.29, 0.717) is 41.9 Å². The van der Waals surface area contributed by atoms with E-state index in [-0.39, 0.29) is 17.4 Å². The minimum Gasteiger partial charge on any atom is -0.487 e. The number of hydrogen-bond donors (Lipinski definition) is 1. The average Bonchev–Trinajstić information content (AvgIpc) is 3.15. The monoisotopic (exact) mass is 784 g/mol. The van der Waals surface area contributed by atoms with E-state index in [9.17, 15) is 13.2 Å². The molecular formula is C42H61ClN4O6S. The summed E-state index contributed by atoms with van der Waals surface area (Å²) in [5.74, 6) is 0.411. The number of halogens is 1. The molecule has 2 bridgehead atoms. The standard InChI is InChI=1S/C42H61ClN4O6S/c1-30-10-9-18-42(52-6,28-45-20-22-47(23-21-45)41(3,4)29-51-5)37-16-13-34(37)26-46-19-8-7-11-32-24-36(43)15-12-35(32)27-53-39-17-14-33(25-38(39)46)40(48)44-54(49,50)31(30)2/h9,12,14-15,17-18,24-25,30-31,34,37H,7-8,10-11,13,16,19-23,26-29H2,1-6H3,(H,44,48)/b18-9+/t30-,31-,34+,37-,42?/m1/s1. The molecule has 0 spiro atoms. The second-order valence-corrected chi connectivity index (χ2v) is 19.2. The third kappa shape index (κ3) is 9.13. The largest absolute Gasteiger partial charge is 0.487 e. The zero-order valence-electron chi connectivity index (χ0n) is 33.1. The molecule has 1 N–H and O–H groups in total. The molecule has 1 amide bonds. The minimum atomic E-state index is -3.97. The molecule has 6 rings (SSSR count). The molecule has 1 saturated heterocycles. The van der Waals surface area contributed by atoms with Gasteiger partial charge in [0.1, 0.15) is 18.0 Å². The molecule has 2 fully saturated rings. The van der Waals surface area contributed by atoms with Crippen LogP contribution in [-0.2, 0) is 32.5 Å². The molecule has 54 heavy (non-hydrogen) atoms. The summed E-state index contributed by atoms with van der Waals surface area (Å²) in [6, 6.07) is 11.3. The first kappa shape index (κ1) is 41.0. The van der Waals surface area contributed by atoms with Crippen molar-refractivity contribution in [3.05, 3.63) is 70.3 Å². The fraction of sp³-hybridized carbons (Fsp3) is 0.643. The normalized spacial score (nSPS) is 29.4. The van der Waals surface area contributed by atoms with E-state index >= 15 is 0 Å². The predicted octanol–water partition coefficient (Wildman–Crippen LogP) is 6.56. The fourth-order valence-electron chi connectivity index (χ4n) is 8.94. The van der Waals surface area contributed by atoms with Gasteiger partial charge in [-0.1, -0.05) is 36.7 Å². The van der Waals surface area contributed by atoms with Crippen LogP contribution in [-0.4, -0.2) is 107 Å². The maximum absolute atomic E-state index is 13.6. The summed E-state index contributed by atoms with van der Waals surface area (Å²) in [5.41, 5.74) is 2.80. The fourth-order valence-corrected chi connectivity index (χ4v) is 10.4. The Labute approximate surface area is 328 Å². The van der Waals surface area contributed by atoms with Crippen molar-refractivity contribution in [3.8, 4) is 5.75 Å². The van der Waals surface area contributed by atoms with E-state index in [0.717, 1.165) is 89.2 Å². The first-order valence-electron chi connectivity index (χ1n) is 19.8. The Kier molecular flexibility index (Phi) is 13.1. The van der Waals surface area contributed by atoms with Crippen LogP contribution in [0.1, 0.15) is 81.3 Å². The summed E-state index contributed by atoms with van der Waals surface area (Å²) < 4.78 is 48.4. The van der Waals surface area contributed by atoms with Crippen LogP contribution in [0.15, 0.2) is 48.6 Å². The highest BCUT2D eigenvalue weighted by atomic mass is 35.5. The lowest BCUT2D eigenvalue weighted by atomic mass is 9.63. The number of carbonyl (C=O) groups excluding carboxylic acids is 1. The van der Waals surface area contributed by atoms with Crippen molar-refractivity contribution in [1.29, 1.82) is 0 Å². The zero-order valence-corrected chi connectivity index (χ0v) is 34.7. The molecule has 1 saturated carbocycles. The number of sulfonamides is 1. The maximum Gasteiger partial charge on any atom is 0.264 e. The number of amides is 1. The van der Waals surface area contributed by atoms with Gasteiger partial charge >= 0.3 is 0 Å². The zero-order chi connectivity index (χ0) is 38.7. The van der Waals surface area contributed by atoms with E-state index in [4.69, 9.17) is 25.8 Å². The summed E-state index contributed by atoms with van der Waals surface area (Å²) in [6.07, 6.45) is 9.84. The van der Waals surface area contributed by atoms with Gasteiger partial charge in [0.25, 0.3) is 5.91 Å². The van der Waals surface area contributed by atoms with Crippen LogP contribution in [0.3, 0.4) is 0 Å². The van der Waals surface area contributed by atoms with Gasteiger partial charge in [-0.15, -0.1) is 0 Å². The summed E-state index contributed by atoms with van der Waals surface area (Å²) in [5, 5.41) is -0.0721. The molecule has 10 nitrogen and oxygen atoms in total. The Morgan fingerprint density at radius 2 is 1.78 bits per heavy atom. The van der Waals surface area contributed by atoms with Crippen molar-refractivity contribution in [2.75, 3.05) is 71.5 Å². The van der Waals surface area contributed by atoms with Gasteiger partial charge in [-0.2, -0.15) is 0 Å². The van der Waals surface area contributed by atoms with Crippen molar-refractivity contribution in [2.45, 2.75) is 89.2 Å². The van der Waals surface area contributed by atoms with Gasteiger partial charge < -0.3 is 19.1 Å². The molecule has 12 heteroatoms. The third-order valence-electron chi connectivity index (χ3n) is 12.7. The molecule has 1 aliphatic carbocycles. The molecule has 2 aromatic carbocycles. The Morgan fingerprint density at radius 3 is 2.48 bits per heavy atom. The molecule has 0 aromatic heterocycles. The van der Waals surface area contributed by atoms with E-state index in [1.807, 2.05) is 44.4 Å². The van der Waals surface area contributed by atoms with Crippen LogP contribution < -0.4 is 14.4 Å². The Hall–Kier alpha value is -2.67. The van der Waals surface area contributed by atoms with Crippen molar-refractivity contribution < 1.29 is 27.4 Å². The number of nitrogens with one attached hydrogen (secondary N) is 1. The van der Waals surface area contributed by atoms with Crippen LogP contribution in [0.4, 0.5) is 5.69 Å². The number of rotatable bonds is 6. The van der Waals surface area contributed by atoms with Gasteiger partial charge in [-0.3, -0.25) is 14.6 Å². The first-order chi connectivity index (χ1) is 25.7. The number of ether oxygens (including phenoxy) is 3. The van der Waals surface area contributed by atoms with Gasteiger partial charge in [0.05, 0.1) is 17.5 Å². The van der Waals surface area contributed by atoms with Crippen LogP contribution >= 0.6 is 11.6 Å². The summed E-state index contributed by atoms with van der Waals surface area (Å²) in [7, 11) is -0.356. The number of hydrogen-bond acceptors (Lipinski definition) is 9. The Morgan fingerprint density at radius 1 is 1.00 bits per heavy atom. The molecule has 2 aromatic rings.